The van der Waals surface area contributed by atoms with Crippen LogP contribution in [0.1, 0.15) is 33.6 Å². The molecule has 0 aromatic heterocycles. The smallest absolute Gasteiger partial charge is 0.307 e. The van der Waals surface area contributed by atoms with Crippen LogP contribution in [-0.2, 0) is 9.53 Å². The van der Waals surface area contributed by atoms with Crippen LogP contribution in [0.15, 0.2) is 0 Å². The fourth-order valence-electron chi connectivity index (χ4n) is 1.55. The molecule has 0 radical (unpaired) electrons. The second kappa shape index (κ2) is 5.22. The van der Waals surface area contributed by atoms with E-state index in [9.17, 15) is 4.79 Å². The number of methoxy groups -OCH3 is 1. The van der Waals surface area contributed by atoms with Gasteiger partial charge in [-0.1, -0.05) is 13.8 Å². The molecule has 0 bridgehead atoms. The van der Waals surface area contributed by atoms with Crippen LogP contribution in [0.3, 0.4) is 0 Å². The fourth-order valence-corrected chi connectivity index (χ4v) is 1.55. The Bertz CT molecular complexity index is 168. The summed E-state index contributed by atoms with van der Waals surface area (Å²) in [5.41, 5.74) is -0.138. The van der Waals surface area contributed by atoms with Crippen molar-refractivity contribution in [3.8, 4) is 0 Å². The molecule has 13 heavy (non-hydrogen) atoms. The van der Waals surface area contributed by atoms with E-state index in [0.717, 1.165) is 6.42 Å². The van der Waals surface area contributed by atoms with Gasteiger partial charge in [0, 0.05) is 5.54 Å². The van der Waals surface area contributed by atoms with Crippen LogP contribution in [0.2, 0.25) is 0 Å². The maximum atomic E-state index is 11.1. The maximum absolute atomic E-state index is 11.1. The lowest BCUT2D eigenvalue weighted by molar-refractivity contribution is -0.142. The molecule has 1 N–H and O–H groups in total. The first-order valence-electron chi connectivity index (χ1n) is 4.69. The number of hydrogen-bond acceptors (Lipinski definition) is 3. The summed E-state index contributed by atoms with van der Waals surface area (Å²) in [5, 5.41) is 3.17. The Balaban J connectivity index is 4.18. The molecule has 3 heteroatoms. The topological polar surface area (TPSA) is 38.3 Å². The summed E-state index contributed by atoms with van der Waals surface area (Å²) in [6, 6.07) is 0. The van der Waals surface area contributed by atoms with Crippen LogP contribution in [0.25, 0.3) is 0 Å². The Kier molecular flexibility index (Phi) is 4.99. The first-order valence-corrected chi connectivity index (χ1v) is 4.69. The molecule has 0 saturated heterocycles. The Morgan fingerprint density at radius 3 is 2.38 bits per heavy atom. The maximum Gasteiger partial charge on any atom is 0.307 e. The zero-order valence-corrected chi connectivity index (χ0v) is 9.31. The molecule has 0 spiro atoms. The van der Waals surface area contributed by atoms with Crippen molar-refractivity contribution in [2.24, 2.45) is 5.92 Å². The molecular formula is C10H21NO2. The molecule has 1 atom stereocenters. The quantitative estimate of drug-likeness (QED) is 0.664. The van der Waals surface area contributed by atoms with E-state index in [-0.39, 0.29) is 11.5 Å². The molecule has 0 aromatic rings. The zero-order chi connectivity index (χ0) is 10.5. The van der Waals surface area contributed by atoms with Crippen molar-refractivity contribution < 1.29 is 9.53 Å². The van der Waals surface area contributed by atoms with Crippen LogP contribution >= 0.6 is 0 Å². The summed E-state index contributed by atoms with van der Waals surface area (Å²) in [6.45, 7) is 6.34. The minimum Gasteiger partial charge on any atom is -0.469 e. The summed E-state index contributed by atoms with van der Waals surface area (Å²) >= 11 is 0. The van der Waals surface area contributed by atoms with Crippen molar-refractivity contribution in [3.63, 3.8) is 0 Å². The predicted octanol–water partition coefficient (Wildman–Crippen LogP) is 1.57. The van der Waals surface area contributed by atoms with Crippen LogP contribution < -0.4 is 5.32 Å². The van der Waals surface area contributed by atoms with Gasteiger partial charge in [0.05, 0.1) is 13.5 Å². The molecule has 0 aliphatic carbocycles. The number of esters is 1. The normalized spacial score (nSPS) is 15.5. The summed E-state index contributed by atoms with van der Waals surface area (Å²) in [7, 11) is 3.30. The third-order valence-corrected chi connectivity index (χ3v) is 2.22. The van der Waals surface area contributed by atoms with Gasteiger partial charge in [0.2, 0.25) is 0 Å². The molecule has 3 nitrogen and oxygen atoms in total. The van der Waals surface area contributed by atoms with E-state index >= 15 is 0 Å². The molecule has 1 unspecified atom stereocenters. The van der Waals surface area contributed by atoms with Crippen molar-refractivity contribution in [3.05, 3.63) is 0 Å². The number of hydrogen-bond donors (Lipinski definition) is 1. The van der Waals surface area contributed by atoms with E-state index in [2.05, 4.69) is 23.9 Å². The average molecular weight is 187 g/mol. The molecule has 0 saturated carbocycles. The van der Waals surface area contributed by atoms with E-state index in [0.29, 0.717) is 12.3 Å². The molecule has 0 aliphatic rings. The van der Waals surface area contributed by atoms with Gasteiger partial charge in [-0.05, 0) is 26.3 Å². The highest BCUT2D eigenvalue weighted by Crippen LogP contribution is 2.20. The Morgan fingerprint density at radius 2 is 2.08 bits per heavy atom. The fraction of sp³-hybridized carbons (Fsp3) is 0.900. The summed E-state index contributed by atoms with van der Waals surface area (Å²) in [6.07, 6.45) is 1.40. The molecule has 0 aromatic carbocycles. The number of nitrogens with one attached hydrogen (secondary N) is 1. The van der Waals surface area contributed by atoms with Crippen LogP contribution in [0, 0.1) is 5.92 Å². The molecule has 78 valence electrons. The third kappa shape index (κ3) is 4.88. The first-order chi connectivity index (χ1) is 5.93. The predicted molar refractivity (Wildman–Crippen MR) is 53.6 cm³/mol. The average Bonchev–Trinajstić information content (AvgIpc) is 2.02. The van der Waals surface area contributed by atoms with Crippen LogP contribution in [0.4, 0.5) is 0 Å². The van der Waals surface area contributed by atoms with E-state index in [1.165, 1.54) is 7.11 Å². The van der Waals surface area contributed by atoms with Gasteiger partial charge in [-0.2, -0.15) is 0 Å². The van der Waals surface area contributed by atoms with E-state index < -0.39 is 0 Å². The van der Waals surface area contributed by atoms with Gasteiger partial charge >= 0.3 is 5.97 Å². The lowest BCUT2D eigenvalue weighted by Gasteiger charge is -2.29. The van der Waals surface area contributed by atoms with E-state index in [1.54, 1.807) is 0 Å². The monoisotopic (exact) mass is 187 g/mol. The number of rotatable bonds is 5. The zero-order valence-electron chi connectivity index (χ0n) is 9.31. The minimum absolute atomic E-state index is 0.138. The Hall–Kier alpha value is -0.570. The minimum atomic E-state index is -0.155. The van der Waals surface area contributed by atoms with Crippen molar-refractivity contribution in [1.29, 1.82) is 0 Å². The highest BCUT2D eigenvalue weighted by Gasteiger charge is 2.26. The van der Waals surface area contributed by atoms with Gasteiger partial charge in [-0.15, -0.1) is 0 Å². The summed E-state index contributed by atoms with van der Waals surface area (Å²) in [4.78, 5) is 11.1. The van der Waals surface area contributed by atoms with Crippen LogP contribution in [0.5, 0.6) is 0 Å². The molecule has 0 aliphatic heterocycles. The second-order valence-corrected chi connectivity index (χ2v) is 4.16. The number of carbonyl (C=O) groups is 1. The first kappa shape index (κ1) is 12.4. The molecule has 0 heterocycles. The van der Waals surface area contributed by atoms with E-state index in [4.69, 9.17) is 0 Å². The van der Waals surface area contributed by atoms with Crippen molar-refractivity contribution in [2.45, 2.75) is 39.2 Å². The van der Waals surface area contributed by atoms with Crippen molar-refractivity contribution in [1.82, 2.24) is 5.32 Å². The van der Waals surface area contributed by atoms with E-state index in [1.807, 2.05) is 14.0 Å². The molecule has 0 rings (SSSR count). The summed E-state index contributed by atoms with van der Waals surface area (Å²) < 4.78 is 4.65. The lowest BCUT2D eigenvalue weighted by atomic mass is 9.88. The van der Waals surface area contributed by atoms with Crippen LogP contribution in [-0.4, -0.2) is 25.7 Å². The highest BCUT2D eigenvalue weighted by molar-refractivity contribution is 5.70. The lowest BCUT2D eigenvalue weighted by Crippen LogP contribution is -2.43. The summed E-state index contributed by atoms with van der Waals surface area (Å²) in [5.74, 6) is 0.416. The Morgan fingerprint density at radius 1 is 1.54 bits per heavy atom. The van der Waals surface area contributed by atoms with Gasteiger partial charge in [0.25, 0.3) is 0 Å². The van der Waals surface area contributed by atoms with Gasteiger partial charge in [-0.25, -0.2) is 0 Å². The standard InChI is InChI=1S/C10H21NO2/c1-8(2)6-10(3,11-4)7-9(12)13-5/h8,11H,6-7H2,1-5H3. The second-order valence-electron chi connectivity index (χ2n) is 4.16. The number of carbonyl (C=O) groups excluding carboxylic acids is 1. The Labute approximate surface area is 80.8 Å². The molecule has 0 fully saturated rings. The van der Waals surface area contributed by atoms with Crippen molar-refractivity contribution in [2.75, 3.05) is 14.2 Å². The van der Waals surface area contributed by atoms with Gasteiger partial charge in [0.15, 0.2) is 0 Å². The highest BCUT2D eigenvalue weighted by atomic mass is 16.5. The molecule has 0 amide bonds. The SMILES string of the molecule is CNC(C)(CC(=O)OC)CC(C)C. The number of ether oxygens (including phenoxy) is 1. The third-order valence-electron chi connectivity index (χ3n) is 2.22. The van der Waals surface area contributed by atoms with Gasteiger partial charge in [0.1, 0.15) is 0 Å². The van der Waals surface area contributed by atoms with Gasteiger partial charge in [-0.3, -0.25) is 4.79 Å². The molecular weight excluding hydrogens is 166 g/mol. The largest absolute Gasteiger partial charge is 0.469 e. The van der Waals surface area contributed by atoms with Crippen molar-refractivity contribution >= 4 is 5.97 Å². The van der Waals surface area contributed by atoms with Gasteiger partial charge < -0.3 is 10.1 Å².